The number of carbonyl (C=O) groups excluding carboxylic acids is 1. The van der Waals surface area contributed by atoms with Crippen LogP contribution >= 0.6 is 0 Å². The van der Waals surface area contributed by atoms with Crippen molar-refractivity contribution in [1.82, 2.24) is 10.2 Å². The number of nitrogens with zero attached hydrogens (tertiary/aromatic N) is 1. The summed E-state index contributed by atoms with van der Waals surface area (Å²) in [7, 11) is 0. The molecule has 0 aromatic carbocycles. The topological polar surface area (TPSA) is 89.9 Å². The normalized spacial score (nSPS) is 19.2. The molecule has 19 heavy (non-hydrogen) atoms. The van der Waals surface area contributed by atoms with Gasteiger partial charge in [-0.2, -0.15) is 0 Å². The number of carboxylic acids is 1. The summed E-state index contributed by atoms with van der Waals surface area (Å²) in [5.41, 5.74) is 0. The molecular formula is C13H24N2O4. The van der Waals surface area contributed by atoms with E-state index in [9.17, 15) is 9.59 Å². The van der Waals surface area contributed by atoms with Crippen molar-refractivity contribution in [3.63, 3.8) is 0 Å². The number of rotatable bonds is 7. The van der Waals surface area contributed by atoms with Gasteiger partial charge in [0.05, 0.1) is 0 Å². The fourth-order valence-corrected chi connectivity index (χ4v) is 2.38. The molecule has 1 saturated heterocycles. The average Bonchev–Trinajstić information content (AvgIpc) is 2.38. The molecule has 0 bridgehead atoms. The van der Waals surface area contributed by atoms with Crippen molar-refractivity contribution in [1.29, 1.82) is 0 Å². The molecule has 0 aliphatic carbocycles. The van der Waals surface area contributed by atoms with E-state index in [0.717, 1.165) is 25.8 Å². The number of piperidine rings is 1. The molecule has 6 heteroatoms. The SMILES string of the molecule is O=C(O)CCCCNC(=O)N1CCCC(CCO)C1. The van der Waals surface area contributed by atoms with Gasteiger partial charge in [-0.15, -0.1) is 0 Å². The van der Waals surface area contributed by atoms with Crippen LogP contribution in [0.3, 0.4) is 0 Å². The van der Waals surface area contributed by atoms with Crippen molar-refractivity contribution in [2.45, 2.75) is 38.5 Å². The molecule has 2 amide bonds. The molecule has 6 nitrogen and oxygen atoms in total. The number of carboxylic acid groups (broad SMARTS) is 1. The molecule has 1 atom stereocenters. The number of aliphatic hydroxyl groups excluding tert-OH is 1. The number of likely N-dealkylation sites (tertiary alicyclic amines) is 1. The summed E-state index contributed by atoms with van der Waals surface area (Å²) in [6.45, 7) is 2.17. The van der Waals surface area contributed by atoms with E-state index in [2.05, 4.69) is 5.32 Å². The van der Waals surface area contributed by atoms with Crippen molar-refractivity contribution in [3.05, 3.63) is 0 Å². The highest BCUT2D eigenvalue weighted by molar-refractivity contribution is 5.74. The van der Waals surface area contributed by atoms with Crippen LogP contribution in [0.4, 0.5) is 4.79 Å². The predicted molar refractivity (Wildman–Crippen MR) is 70.9 cm³/mol. The Labute approximate surface area is 113 Å². The molecule has 110 valence electrons. The lowest BCUT2D eigenvalue weighted by Crippen LogP contribution is -2.45. The summed E-state index contributed by atoms with van der Waals surface area (Å²) in [4.78, 5) is 24.0. The lowest BCUT2D eigenvalue weighted by molar-refractivity contribution is -0.137. The lowest BCUT2D eigenvalue weighted by Gasteiger charge is -2.32. The van der Waals surface area contributed by atoms with Crippen LogP contribution in [0.25, 0.3) is 0 Å². The van der Waals surface area contributed by atoms with E-state index in [1.54, 1.807) is 4.90 Å². The van der Waals surface area contributed by atoms with Crippen LogP contribution in [-0.4, -0.2) is 53.4 Å². The second-order valence-corrected chi connectivity index (χ2v) is 5.05. The van der Waals surface area contributed by atoms with Crippen LogP contribution in [0.15, 0.2) is 0 Å². The Balaban J connectivity index is 2.16. The first-order valence-corrected chi connectivity index (χ1v) is 6.99. The molecule has 1 rings (SSSR count). The summed E-state index contributed by atoms with van der Waals surface area (Å²) in [5, 5.41) is 20.2. The molecule has 0 saturated carbocycles. The maximum Gasteiger partial charge on any atom is 0.317 e. The van der Waals surface area contributed by atoms with Gasteiger partial charge >= 0.3 is 12.0 Å². The van der Waals surface area contributed by atoms with Gasteiger partial charge in [-0.1, -0.05) is 0 Å². The maximum absolute atomic E-state index is 11.9. The second kappa shape index (κ2) is 8.74. The van der Waals surface area contributed by atoms with Gasteiger partial charge in [-0.05, 0) is 38.0 Å². The number of unbranched alkanes of at least 4 members (excludes halogenated alkanes) is 1. The maximum atomic E-state index is 11.9. The quantitative estimate of drug-likeness (QED) is 0.604. The fraction of sp³-hybridized carbons (Fsp3) is 0.846. The average molecular weight is 272 g/mol. The van der Waals surface area contributed by atoms with Crippen LogP contribution < -0.4 is 5.32 Å². The van der Waals surface area contributed by atoms with E-state index >= 15 is 0 Å². The highest BCUT2D eigenvalue weighted by atomic mass is 16.4. The monoisotopic (exact) mass is 272 g/mol. The van der Waals surface area contributed by atoms with E-state index in [-0.39, 0.29) is 19.1 Å². The van der Waals surface area contributed by atoms with Crippen LogP contribution in [0, 0.1) is 5.92 Å². The van der Waals surface area contributed by atoms with Gasteiger partial charge in [0.25, 0.3) is 0 Å². The van der Waals surface area contributed by atoms with E-state index in [4.69, 9.17) is 10.2 Å². The minimum absolute atomic E-state index is 0.0713. The number of carbonyl (C=O) groups is 2. The van der Waals surface area contributed by atoms with E-state index < -0.39 is 5.97 Å². The lowest BCUT2D eigenvalue weighted by atomic mass is 9.95. The number of aliphatic carboxylic acids is 1. The Morgan fingerprint density at radius 3 is 2.79 bits per heavy atom. The fourth-order valence-electron chi connectivity index (χ4n) is 2.38. The molecule has 0 aromatic rings. The predicted octanol–water partition coefficient (Wildman–Crippen LogP) is 1.05. The number of urea groups is 1. The Morgan fingerprint density at radius 1 is 1.32 bits per heavy atom. The summed E-state index contributed by atoms with van der Waals surface area (Å²) < 4.78 is 0. The molecular weight excluding hydrogens is 248 g/mol. The highest BCUT2D eigenvalue weighted by Crippen LogP contribution is 2.19. The third-order valence-electron chi connectivity index (χ3n) is 3.44. The minimum atomic E-state index is -0.797. The van der Waals surface area contributed by atoms with Gasteiger partial charge in [-0.25, -0.2) is 4.79 Å². The zero-order chi connectivity index (χ0) is 14.1. The number of nitrogens with one attached hydrogen (secondary N) is 1. The van der Waals surface area contributed by atoms with E-state index in [0.29, 0.717) is 31.8 Å². The summed E-state index contributed by atoms with van der Waals surface area (Å²) in [5.74, 6) is -0.397. The molecule has 1 fully saturated rings. The minimum Gasteiger partial charge on any atom is -0.481 e. The number of amides is 2. The zero-order valence-electron chi connectivity index (χ0n) is 11.3. The summed E-state index contributed by atoms with van der Waals surface area (Å²) >= 11 is 0. The van der Waals surface area contributed by atoms with Crippen molar-refractivity contribution in [2.24, 2.45) is 5.92 Å². The first-order chi connectivity index (χ1) is 9.13. The van der Waals surface area contributed by atoms with Crippen molar-refractivity contribution < 1.29 is 19.8 Å². The Bertz CT molecular complexity index is 294. The largest absolute Gasteiger partial charge is 0.481 e. The van der Waals surface area contributed by atoms with E-state index in [1.807, 2.05) is 0 Å². The smallest absolute Gasteiger partial charge is 0.317 e. The van der Waals surface area contributed by atoms with Gasteiger partial charge < -0.3 is 20.4 Å². The Morgan fingerprint density at radius 2 is 2.11 bits per heavy atom. The molecule has 1 unspecified atom stereocenters. The van der Waals surface area contributed by atoms with Gasteiger partial charge in [0.2, 0.25) is 0 Å². The Hall–Kier alpha value is -1.30. The molecule has 0 aromatic heterocycles. The summed E-state index contributed by atoms with van der Waals surface area (Å²) in [6.07, 6.45) is 4.23. The standard InChI is InChI=1S/C13H24N2O4/c16-9-6-11-4-3-8-15(10-11)13(19)14-7-2-1-5-12(17)18/h11,16H,1-10H2,(H,14,19)(H,17,18). The van der Waals surface area contributed by atoms with E-state index in [1.165, 1.54) is 0 Å². The number of hydrogen-bond acceptors (Lipinski definition) is 3. The van der Waals surface area contributed by atoms with Crippen LogP contribution in [0.2, 0.25) is 0 Å². The van der Waals surface area contributed by atoms with Crippen molar-refractivity contribution >= 4 is 12.0 Å². The first kappa shape index (κ1) is 15.8. The molecule has 0 radical (unpaired) electrons. The molecule has 1 aliphatic rings. The zero-order valence-corrected chi connectivity index (χ0v) is 11.3. The third kappa shape index (κ3) is 6.42. The molecule has 3 N–H and O–H groups in total. The second-order valence-electron chi connectivity index (χ2n) is 5.05. The molecule has 1 aliphatic heterocycles. The van der Waals surface area contributed by atoms with Crippen molar-refractivity contribution in [2.75, 3.05) is 26.2 Å². The molecule has 0 spiro atoms. The number of hydrogen-bond donors (Lipinski definition) is 3. The molecule has 1 heterocycles. The van der Waals surface area contributed by atoms with Gasteiger partial charge in [0, 0.05) is 32.7 Å². The number of aliphatic hydroxyl groups is 1. The summed E-state index contributed by atoms with van der Waals surface area (Å²) in [6, 6.07) is -0.0713. The van der Waals surface area contributed by atoms with Crippen LogP contribution in [0.5, 0.6) is 0 Å². The van der Waals surface area contributed by atoms with Crippen LogP contribution in [-0.2, 0) is 4.79 Å². The van der Waals surface area contributed by atoms with Gasteiger partial charge in [-0.3, -0.25) is 4.79 Å². The van der Waals surface area contributed by atoms with Gasteiger partial charge in [0.15, 0.2) is 0 Å². The highest BCUT2D eigenvalue weighted by Gasteiger charge is 2.22. The van der Waals surface area contributed by atoms with Crippen LogP contribution in [0.1, 0.15) is 38.5 Å². The Kier molecular flexibility index (Phi) is 7.25. The third-order valence-corrected chi connectivity index (χ3v) is 3.44. The first-order valence-electron chi connectivity index (χ1n) is 6.99. The van der Waals surface area contributed by atoms with Crippen molar-refractivity contribution in [3.8, 4) is 0 Å². The van der Waals surface area contributed by atoms with Gasteiger partial charge in [0.1, 0.15) is 0 Å².